The van der Waals surface area contributed by atoms with Crippen molar-refractivity contribution in [1.29, 1.82) is 0 Å². The molecule has 1 aliphatic carbocycles. The molecule has 0 saturated heterocycles. The molecule has 0 radical (unpaired) electrons. The summed E-state index contributed by atoms with van der Waals surface area (Å²) in [6.45, 7) is 0.982. The molecule has 1 N–H and O–H groups in total. The van der Waals surface area contributed by atoms with Crippen molar-refractivity contribution >= 4 is 34.0 Å². The van der Waals surface area contributed by atoms with Gasteiger partial charge in [-0.1, -0.05) is 6.07 Å². The molecule has 3 heterocycles. The van der Waals surface area contributed by atoms with Gasteiger partial charge in [-0.05, 0) is 59.2 Å². The number of hydrogen-bond acceptors (Lipinski definition) is 4. The Morgan fingerprint density at radius 1 is 1.14 bits per heavy atom. The predicted molar refractivity (Wildman–Crippen MR) is 94.5 cm³/mol. The van der Waals surface area contributed by atoms with Crippen LogP contribution >= 0.6 is 34.0 Å². The Kier molecular flexibility index (Phi) is 3.95. The molecule has 1 atom stereocenters. The highest BCUT2D eigenvalue weighted by molar-refractivity contribution is 7.14. The molecule has 3 aromatic heterocycles. The summed E-state index contributed by atoms with van der Waals surface area (Å²) < 4.78 is 0. The van der Waals surface area contributed by atoms with Crippen LogP contribution in [0.3, 0.4) is 0 Å². The molecular formula is C17H17NS3. The highest BCUT2D eigenvalue weighted by Gasteiger charge is 2.20. The molecule has 4 rings (SSSR count). The monoisotopic (exact) mass is 331 g/mol. The highest BCUT2D eigenvalue weighted by atomic mass is 32.1. The van der Waals surface area contributed by atoms with E-state index in [0.717, 1.165) is 6.54 Å². The van der Waals surface area contributed by atoms with Gasteiger partial charge in [0.1, 0.15) is 0 Å². The third-order valence-electron chi connectivity index (χ3n) is 4.03. The van der Waals surface area contributed by atoms with Gasteiger partial charge in [0, 0.05) is 32.8 Å². The van der Waals surface area contributed by atoms with E-state index >= 15 is 0 Å². The third kappa shape index (κ3) is 2.86. The molecule has 0 amide bonds. The number of aryl methyl sites for hydroxylation is 1. The molecule has 0 fully saturated rings. The van der Waals surface area contributed by atoms with E-state index in [-0.39, 0.29) is 0 Å². The van der Waals surface area contributed by atoms with Gasteiger partial charge in [-0.25, -0.2) is 0 Å². The van der Waals surface area contributed by atoms with Gasteiger partial charge in [-0.2, -0.15) is 0 Å². The lowest BCUT2D eigenvalue weighted by molar-refractivity contribution is 0.465. The van der Waals surface area contributed by atoms with Gasteiger partial charge in [-0.15, -0.1) is 34.0 Å². The fraction of sp³-hybridized carbons (Fsp3) is 0.294. The van der Waals surface area contributed by atoms with Gasteiger partial charge >= 0.3 is 0 Å². The van der Waals surface area contributed by atoms with E-state index in [2.05, 4.69) is 45.7 Å². The first-order valence-corrected chi connectivity index (χ1v) is 9.95. The molecule has 1 nitrogen and oxygen atoms in total. The fourth-order valence-corrected chi connectivity index (χ4v) is 5.58. The van der Waals surface area contributed by atoms with Crippen molar-refractivity contribution in [3.05, 3.63) is 55.7 Å². The lowest BCUT2D eigenvalue weighted by Crippen LogP contribution is -2.23. The van der Waals surface area contributed by atoms with E-state index in [9.17, 15) is 0 Å². The van der Waals surface area contributed by atoms with Crippen molar-refractivity contribution in [3.8, 4) is 10.4 Å². The van der Waals surface area contributed by atoms with E-state index in [1.54, 1.807) is 10.4 Å². The Bertz CT molecular complexity index is 708. The van der Waals surface area contributed by atoms with Crippen LogP contribution in [0, 0.1) is 0 Å². The Labute approximate surface area is 137 Å². The average molecular weight is 332 g/mol. The lowest BCUT2D eigenvalue weighted by atomic mass is 9.94. The van der Waals surface area contributed by atoms with Crippen LogP contribution in [0.15, 0.2) is 40.4 Å². The summed E-state index contributed by atoms with van der Waals surface area (Å²) in [6, 6.07) is 9.51. The largest absolute Gasteiger partial charge is 0.305 e. The number of hydrogen-bond donors (Lipinski definition) is 1. The number of rotatable bonds is 4. The predicted octanol–water partition coefficient (Wildman–Crippen LogP) is 5.71. The van der Waals surface area contributed by atoms with Gasteiger partial charge in [-0.3, -0.25) is 0 Å². The minimum absolute atomic E-state index is 0.548. The zero-order chi connectivity index (χ0) is 14.1. The van der Waals surface area contributed by atoms with Crippen LogP contribution in [0.4, 0.5) is 0 Å². The molecule has 1 aliphatic rings. The van der Waals surface area contributed by atoms with Crippen LogP contribution in [0.5, 0.6) is 0 Å². The van der Waals surface area contributed by atoms with Crippen molar-refractivity contribution in [2.45, 2.75) is 31.8 Å². The molecule has 0 aromatic carbocycles. The van der Waals surface area contributed by atoms with Gasteiger partial charge in [0.05, 0.1) is 0 Å². The first-order valence-electron chi connectivity index (χ1n) is 7.31. The first kappa shape index (κ1) is 13.7. The van der Waals surface area contributed by atoms with Crippen LogP contribution in [-0.2, 0) is 13.0 Å². The van der Waals surface area contributed by atoms with Crippen molar-refractivity contribution in [2.24, 2.45) is 0 Å². The Morgan fingerprint density at radius 2 is 2.14 bits per heavy atom. The summed E-state index contributed by atoms with van der Waals surface area (Å²) in [5.74, 6) is 0. The molecular weight excluding hydrogens is 314 g/mol. The van der Waals surface area contributed by atoms with E-state index in [4.69, 9.17) is 0 Å². The molecule has 0 aliphatic heterocycles. The van der Waals surface area contributed by atoms with Crippen molar-refractivity contribution < 1.29 is 0 Å². The van der Waals surface area contributed by atoms with Crippen molar-refractivity contribution in [3.63, 3.8) is 0 Å². The van der Waals surface area contributed by atoms with Crippen molar-refractivity contribution in [1.82, 2.24) is 5.32 Å². The molecule has 0 saturated carbocycles. The second-order valence-corrected chi connectivity index (χ2v) is 8.35. The Morgan fingerprint density at radius 3 is 3.05 bits per heavy atom. The zero-order valence-electron chi connectivity index (χ0n) is 11.7. The third-order valence-corrected chi connectivity index (χ3v) is 6.89. The maximum absolute atomic E-state index is 3.76. The van der Waals surface area contributed by atoms with Crippen LogP contribution in [0.2, 0.25) is 0 Å². The number of thiophene rings is 3. The first-order chi connectivity index (χ1) is 10.4. The molecule has 108 valence electrons. The quantitative estimate of drug-likeness (QED) is 0.646. The Hall–Kier alpha value is -0.940. The minimum Gasteiger partial charge on any atom is -0.305 e. The van der Waals surface area contributed by atoms with Gasteiger partial charge < -0.3 is 5.32 Å². The standard InChI is InChI=1S/C17H17NS3/c1-3-15(14-6-8-20-17(14)4-1)18-10-13-9-12(11-21-13)16-5-2-7-19-16/h2,5-9,11,15,18H,1,3-4,10H2. The summed E-state index contributed by atoms with van der Waals surface area (Å²) in [5.41, 5.74) is 2.91. The maximum Gasteiger partial charge on any atom is 0.0351 e. The molecule has 0 bridgehead atoms. The van der Waals surface area contributed by atoms with Crippen molar-refractivity contribution in [2.75, 3.05) is 0 Å². The molecule has 1 unspecified atom stereocenters. The molecule has 0 spiro atoms. The van der Waals surface area contributed by atoms with E-state index in [0.29, 0.717) is 6.04 Å². The second-order valence-electron chi connectivity index (χ2n) is 5.40. The normalized spacial score (nSPS) is 17.8. The summed E-state index contributed by atoms with van der Waals surface area (Å²) in [6.07, 6.45) is 3.86. The number of fused-ring (bicyclic) bond motifs is 1. The van der Waals surface area contributed by atoms with Gasteiger partial charge in [0.25, 0.3) is 0 Å². The summed E-state index contributed by atoms with van der Waals surface area (Å²) in [7, 11) is 0. The number of nitrogens with one attached hydrogen (secondary N) is 1. The zero-order valence-corrected chi connectivity index (χ0v) is 14.1. The van der Waals surface area contributed by atoms with Gasteiger partial charge in [0.15, 0.2) is 0 Å². The van der Waals surface area contributed by atoms with Crippen LogP contribution in [0.25, 0.3) is 10.4 Å². The fourth-order valence-electron chi connectivity index (χ4n) is 2.97. The molecule has 21 heavy (non-hydrogen) atoms. The van der Waals surface area contributed by atoms with E-state index < -0.39 is 0 Å². The van der Waals surface area contributed by atoms with E-state index in [1.807, 2.05) is 34.0 Å². The average Bonchev–Trinajstić information content (AvgIpc) is 3.23. The highest BCUT2D eigenvalue weighted by Crippen LogP contribution is 2.34. The van der Waals surface area contributed by atoms with Gasteiger partial charge in [0.2, 0.25) is 0 Å². The maximum atomic E-state index is 3.76. The summed E-state index contributed by atoms with van der Waals surface area (Å²) in [4.78, 5) is 4.39. The lowest BCUT2D eigenvalue weighted by Gasteiger charge is -2.23. The van der Waals surface area contributed by atoms with E-state index in [1.165, 1.54) is 34.6 Å². The smallest absolute Gasteiger partial charge is 0.0351 e. The topological polar surface area (TPSA) is 12.0 Å². The SMILES string of the molecule is c1csc(-c2csc(CNC3CCCc4sccc43)c2)c1. The summed E-state index contributed by atoms with van der Waals surface area (Å²) in [5, 5.41) is 10.4. The second kappa shape index (κ2) is 6.05. The van der Waals surface area contributed by atoms with Crippen LogP contribution in [0.1, 0.15) is 34.2 Å². The molecule has 4 heteroatoms. The molecule has 3 aromatic rings. The summed E-state index contributed by atoms with van der Waals surface area (Å²) >= 11 is 5.60. The minimum atomic E-state index is 0.548. The van der Waals surface area contributed by atoms with Crippen LogP contribution < -0.4 is 5.32 Å². The van der Waals surface area contributed by atoms with Crippen LogP contribution in [-0.4, -0.2) is 0 Å². The Balaban J connectivity index is 1.44.